The topological polar surface area (TPSA) is 71.9 Å². The third-order valence-electron chi connectivity index (χ3n) is 4.14. The van der Waals surface area contributed by atoms with Crippen LogP contribution in [0.15, 0.2) is 77.9 Å². The number of anilines is 1. The van der Waals surface area contributed by atoms with Gasteiger partial charge in [0.15, 0.2) is 16.6 Å². The molecule has 0 spiro atoms. The molecule has 0 amide bonds. The average Bonchev–Trinajstić information content (AvgIpc) is 2.76. The van der Waals surface area contributed by atoms with E-state index in [2.05, 4.69) is 15.8 Å². The van der Waals surface area contributed by atoms with Crippen molar-refractivity contribution < 1.29 is 14.3 Å². The summed E-state index contributed by atoms with van der Waals surface area (Å²) in [4.78, 5) is 12.3. The normalized spacial score (nSPS) is 10.5. The van der Waals surface area contributed by atoms with Gasteiger partial charge >= 0.3 is 5.97 Å². The maximum atomic E-state index is 12.3. The second-order valence-electron chi connectivity index (χ2n) is 6.59. The minimum Gasteiger partial charge on any atom is -0.490 e. The van der Waals surface area contributed by atoms with Gasteiger partial charge in [-0.05, 0) is 79.7 Å². The molecule has 0 aromatic heterocycles. The van der Waals surface area contributed by atoms with Crippen LogP contribution in [0.3, 0.4) is 0 Å². The van der Waals surface area contributed by atoms with Crippen LogP contribution >= 0.6 is 12.2 Å². The lowest BCUT2D eigenvalue weighted by Crippen LogP contribution is -2.23. The molecule has 0 saturated carbocycles. The smallest absolute Gasteiger partial charge is 0.343 e. The van der Waals surface area contributed by atoms with Crippen molar-refractivity contribution in [2.45, 2.75) is 13.8 Å². The van der Waals surface area contributed by atoms with Gasteiger partial charge in [0.25, 0.3) is 0 Å². The van der Waals surface area contributed by atoms with Gasteiger partial charge in [-0.25, -0.2) is 4.79 Å². The van der Waals surface area contributed by atoms with Crippen molar-refractivity contribution in [3.63, 3.8) is 0 Å². The number of carbonyl (C=O) groups is 1. The fourth-order valence-electron chi connectivity index (χ4n) is 2.74. The molecule has 0 radical (unpaired) electrons. The lowest BCUT2D eigenvalue weighted by Gasteiger charge is -2.11. The van der Waals surface area contributed by atoms with Gasteiger partial charge in [0.1, 0.15) is 0 Å². The summed E-state index contributed by atoms with van der Waals surface area (Å²) < 4.78 is 11.1. The van der Waals surface area contributed by atoms with E-state index in [1.165, 1.54) is 0 Å². The van der Waals surface area contributed by atoms with Gasteiger partial charge in [0.05, 0.1) is 18.4 Å². The minimum atomic E-state index is -0.447. The van der Waals surface area contributed by atoms with E-state index in [9.17, 15) is 4.79 Å². The number of esters is 1. The van der Waals surface area contributed by atoms with Crippen LogP contribution in [0.1, 0.15) is 28.4 Å². The van der Waals surface area contributed by atoms with Crippen molar-refractivity contribution in [3.8, 4) is 11.5 Å². The van der Waals surface area contributed by atoms with Crippen LogP contribution in [-0.4, -0.2) is 23.9 Å². The maximum Gasteiger partial charge on any atom is 0.343 e. The molecule has 3 aromatic carbocycles. The van der Waals surface area contributed by atoms with E-state index >= 15 is 0 Å². The molecular weight excluding hydrogens is 410 g/mol. The minimum absolute atomic E-state index is 0.345. The van der Waals surface area contributed by atoms with E-state index in [0.717, 1.165) is 16.8 Å². The highest BCUT2D eigenvalue weighted by Gasteiger charge is 2.12. The summed E-state index contributed by atoms with van der Waals surface area (Å²) in [7, 11) is 0. The molecule has 7 heteroatoms. The summed E-state index contributed by atoms with van der Waals surface area (Å²) in [6.07, 6.45) is 1.61. The number of carbonyl (C=O) groups excluding carboxylic acids is 1. The van der Waals surface area contributed by atoms with Crippen molar-refractivity contribution in [2.75, 3.05) is 11.9 Å². The average molecular weight is 434 g/mol. The van der Waals surface area contributed by atoms with Crippen molar-refractivity contribution >= 4 is 35.2 Å². The van der Waals surface area contributed by atoms with E-state index in [1.807, 2.05) is 44.2 Å². The van der Waals surface area contributed by atoms with Gasteiger partial charge in [0.2, 0.25) is 0 Å². The Morgan fingerprint density at radius 3 is 2.58 bits per heavy atom. The second-order valence-corrected chi connectivity index (χ2v) is 7.00. The summed E-state index contributed by atoms with van der Waals surface area (Å²) >= 11 is 5.26. The van der Waals surface area contributed by atoms with Gasteiger partial charge in [-0.3, -0.25) is 5.43 Å². The Morgan fingerprint density at radius 1 is 1.03 bits per heavy atom. The highest BCUT2D eigenvalue weighted by molar-refractivity contribution is 7.80. The Labute approximate surface area is 186 Å². The molecule has 0 aliphatic rings. The highest BCUT2D eigenvalue weighted by Crippen LogP contribution is 2.29. The van der Waals surface area contributed by atoms with E-state index < -0.39 is 5.97 Å². The Bertz CT molecular complexity index is 1080. The molecule has 3 rings (SSSR count). The number of thiocarbonyl (C=S) groups is 1. The molecule has 31 heavy (non-hydrogen) atoms. The lowest BCUT2D eigenvalue weighted by atomic mass is 10.2. The first-order valence-electron chi connectivity index (χ1n) is 9.76. The Balaban J connectivity index is 1.64. The van der Waals surface area contributed by atoms with Crippen LogP contribution < -0.4 is 20.2 Å². The predicted octanol–water partition coefficient (Wildman–Crippen LogP) is 4.93. The van der Waals surface area contributed by atoms with Crippen LogP contribution in [0, 0.1) is 6.92 Å². The standard InChI is InChI=1S/C24H23N3O3S/c1-3-29-22-15-18(12-13-21(22)30-23(28)19-9-5-4-6-10-19)16-25-27-24(31)26-20-11-7-8-17(2)14-20/h4-16H,3H2,1-2H3,(H2,26,27,31)/b25-16-. The molecule has 2 N–H and O–H groups in total. The molecule has 0 aliphatic heterocycles. The van der Waals surface area contributed by atoms with Gasteiger partial charge in [-0.1, -0.05) is 30.3 Å². The monoisotopic (exact) mass is 433 g/mol. The van der Waals surface area contributed by atoms with Crippen LogP contribution in [0.25, 0.3) is 0 Å². The molecule has 0 bridgehead atoms. The molecule has 0 fully saturated rings. The van der Waals surface area contributed by atoms with Gasteiger partial charge in [-0.15, -0.1) is 0 Å². The van der Waals surface area contributed by atoms with Gasteiger partial charge < -0.3 is 14.8 Å². The van der Waals surface area contributed by atoms with Crippen LogP contribution in [0.2, 0.25) is 0 Å². The molecule has 3 aromatic rings. The van der Waals surface area contributed by atoms with Crippen molar-refractivity contribution in [1.29, 1.82) is 0 Å². The van der Waals surface area contributed by atoms with Crippen molar-refractivity contribution in [1.82, 2.24) is 5.43 Å². The van der Waals surface area contributed by atoms with E-state index in [-0.39, 0.29) is 0 Å². The van der Waals surface area contributed by atoms with Gasteiger partial charge in [0, 0.05) is 5.69 Å². The highest BCUT2D eigenvalue weighted by atomic mass is 32.1. The molecule has 0 atom stereocenters. The first kappa shape index (κ1) is 22.0. The zero-order chi connectivity index (χ0) is 22.1. The summed E-state index contributed by atoms with van der Waals surface area (Å²) in [6.45, 7) is 4.30. The Kier molecular flexibility index (Phi) is 7.73. The van der Waals surface area contributed by atoms with Crippen LogP contribution in [0.5, 0.6) is 11.5 Å². The number of ether oxygens (including phenoxy) is 2. The molecule has 0 saturated heterocycles. The second kappa shape index (κ2) is 10.9. The lowest BCUT2D eigenvalue weighted by molar-refractivity contribution is 0.0728. The summed E-state index contributed by atoms with van der Waals surface area (Å²) in [5.74, 6) is 0.353. The fraction of sp³-hybridized carbons (Fsp3) is 0.125. The quantitative estimate of drug-likeness (QED) is 0.181. The van der Waals surface area contributed by atoms with E-state index in [4.69, 9.17) is 21.7 Å². The van der Waals surface area contributed by atoms with Crippen molar-refractivity contribution in [2.24, 2.45) is 5.10 Å². The number of nitrogens with one attached hydrogen (secondary N) is 2. The number of hydrogen-bond acceptors (Lipinski definition) is 5. The molecular formula is C24H23N3O3S. The number of hydrogen-bond donors (Lipinski definition) is 2. The fourth-order valence-corrected chi connectivity index (χ4v) is 2.91. The zero-order valence-corrected chi connectivity index (χ0v) is 18.1. The van der Waals surface area contributed by atoms with Crippen LogP contribution in [0.4, 0.5) is 5.69 Å². The number of aryl methyl sites for hydroxylation is 1. The van der Waals surface area contributed by atoms with Crippen molar-refractivity contribution in [3.05, 3.63) is 89.5 Å². The molecule has 0 unspecified atom stereocenters. The number of rotatable bonds is 7. The first-order chi connectivity index (χ1) is 15.0. The van der Waals surface area contributed by atoms with Gasteiger partial charge in [-0.2, -0.15) is 5.10 Å². The Hall–Kier alpha value is -3.71. The summed E-state index contributed by atoms with van der Waals surface area (Å²) in [6, 6.07) is 21.9. The maximum absolute atomic E-state index is 12.3. The van der Waals surface area contributed by atoms with E-state index in [1.54, 1.807) is 48.7 Å². The molecule has 158 valence electrons. The van der Waals surface area contributed by atoms with Crippen LogP contribution in [-0.2, 0) is 0 Å². The first-order valence-corrected chi connectivity index (χ1v) is 10.2. The third kappa shape index (κ3) is 6.65. The largest absolute Gasteiger partial charge is 0.490 e. The third-order valence-corrected chi connectivity index (χ3v) is 4.33. The number of nitrogens with zero attached hydrogens (tertiary/aromatic N) is 1. The molecule has 6 nitrogen and oxygen atoms in total. The molecule has 0 heterocycles. The predicted molar refractivity (Wildman–Crippen MR) is 127 cm³/mol. The van der Waals surface area contributed by atoms with E-state index in [0.29, 0.717) is 28.8 Å². The summed E-state index contributed by atoms with van der Waals surface area (Å²) in [5.41, 5.74) is 6.03. The summed E-state index contributed by atoms with van der Waals surface area (Å²) in [5, 5.41) is 7.60. The number of hydrazone groups is 1. The molecule has 0 aliphatic carbocycles. The zero-order valence-electron chi connectivity index (χ0n) is 17.3. The SMILES string of the molecule is CCOc1cc(/C=N\NC(=S)Nc2cccc(C)c2)ccc1OC(=O)c1ccccc1. The Morgan fingerprint density at radius 2 is 1.84 bits per heavy atom. The number of benzene rings is 3.